The molecule has 0 aliphatic carbocycles. The van der Waals surface area contributed by atoms with Crippen molar-refractivity contribution in [1.29, 1.82) is 5.26 Å². The molecular weight excluding hydrogens is 398 g/mol. The van der Waals surface area contributed by atoms with Crippen LogP contribution in [0, 0.1) is 17.2 Å². The second-order valence-electron chi connectivity index (χ2n) is 7.07. The molecule has 0 saturated carbocycles. The third-order valence-electron chi connectivity index (χ3n) is 4.22. The first-order valence-electron chi connectivity index (χ1n) is 9.50. The molecule has 0 fully saturated rings. The van der Waals surface area contributed by atoms with Crippen molar-refractivity contribution in [2.45, 2.75) is 25.5 Å². The van der Waals surface area contributed by atoms with Crippen molar-refractivity contribution in [1.82, 2.24) is 14.8 Å². The fraction of sp³-hybridized carbons (Fsp3) is 0.273. The van der Waals surface area contributed by atoms with Gasteiger partial charge >= 0.3 is 0 Å². The van der Waals surface area contributed by atoms with Crippen LogP contribution in [0.4, 0.5) is 5.69 Å². The lowest BCUT2D eigenvalue weighted by molar-refractivity contribution is -0.113. The van der Waals surface area contributed by atoms with E-state index in [4.69, 9.17) is 10.00 Å². The van der Waals surface area contributed by atoms with Gasteiger partial charge in [-0.25, -0.2) is 0 Å². The Bertz CT molecular complexity index is 1050. The lowest BCUT2D eigenvalue weighted by Gasteiger charge is -2.13. The van der Waals surface area contributed by atoms with E-state index in [1.165, 1.54) is 11.8 Å². The number of hydrogen-bond acceptors (Lipinski definition) is 6. The summed E-state index contributed by atoms with van der Waals surface area (Å²) < 4.78 is 7.27. The highest BCUT2D eigenvalue weighted by Crippen LogP contribution is 2.26. The predicted octanol–water partition coefficient (Wildman–Crippen LogP) is 4.21. The summed E-state index contributed by atoms with van der Waals surface area (Å²) >= 11 is 1.34. The number of nitrogens with one attached hydrogen (secondary N) is 1. The molecule has 3 aromatic rings. The molecule has 0 bridgehead atoms. The number of amides is 1. The van der Waals surface area contributed by atoms with Crippen LogP contribution in [0.5, 0.6) is 5.75 Å². The minimum Gasteiger partial charge on any atom is -0.497 e. The Hall–Kier alpha value is -3.31. The first kappa shape index (κ1) is 21.4. The fourth-order valence-electron chi connectivity index (χ4n) is 2.87. The molecule has 0 aliphatic rings. The molecule has 1 N–H and O–H groups in total. The van der Waals surface area contributed by atoms with Crippen molar-refractivity contribution in [3.05, 3.63) is 54.1 Å². The Labute approximate surface area is 180 Å². The van der Waals surface area contributed by atoms with Gasteiger partial charge in [0.1, 0.15) is 5.75 Å². The van der Waals surface area contributed by atoms with E-state index in [1.807, 2.05) is 28.8 Å². The van der Waals surface area contributed by atoms with Crippen molar-refractivity contribution in [2.24, 2.45) is 5.92 Å². The van der Waals surface area contributed by atoms with Gasteiger partial charge in [-0.05, 0) is 48.4 Å². The molecule has 0 spiro atoms. The van der Waals surface area contributed by atoms with E-state index >= 15 is 0 Å². The van der Waals surface area contributed by atoms with Crippen LogP contribution in [0.2, 0.25) is 0 Å². The number of rotatable bonds is 8. The number of carbonyl (C=O) groups excluding carboxylic acids is 1. The second-order valence-corrected chi connectivity index (χ2v) is 8.01. The highest BCUT2D eigenvalue weighted by Gasteiger charge is 2.17. The normalized spacial score (nSPS) is 10.6. The maximum atomic E-state index is 12.4. The Kier molecular flexibility index (Phi) is 7.09. The Morgan fingerprint density at radius 2 is 2.00 bits per heavy atom. The highest BCUT2D eigenvalue weighted by atomic mass is 32.2. The number of nitriles is 1. The fourth-order valence-corrected chi connectivity index (χ4v) is 3.62. The number of methoxy groups -OCH3 is 1. The van der Waals surface area contributed by atoms with Crippen LogP contribution in [0.3, 0.4) is 0 Å². The van der Waals surface area contributed by atoms with E-state index in [2.05, 4.69) is 35.4 Å². The minimum atomic E-state index is -0.166. The number of hydrogen-bond donors (Lipinski definition) is 1. The van der Waals surface area contributed by atoms with E-state index in [9.17, 15) is 4.79 Å². The number of nitrogens with zero attached hydrogens (tertiary/aromatic N) is 4. The van der Waals surface area contributed by atoms with Gasteiger partial charge in [0.05, 0.1) is 24.5 Å². The molecule has 7 nitrogen and oxygen atoms in total. The zero-order chi connectivity index (χ0) is 21.5. The number of benzene rings is 2. The van der Waals surface area contributed by atoms with E-state index < -0.39 is 0 Å². The van der Waals surface area contributed by atoms with Crippen LogP contribution in [0.15, 0.2) is 53.7 Å². The van der Waals surface area contributed by atoms with Gasteiger partial charge in [-0.15, -0.1) is 10.2 Å². The van der Waals surface area contributed by atoms with Gasteiger partial charge < -0.3 is 14.6 Å². The van der Waals surface area contributed by atoms with Crippen LogP contribution >= 0.6 is 11.8 Å². The van der Waals surface area contributed by atoms with Crippen molar-refractivity contribution in [3.8, 4) is 23.2 Å². The van der Waals surface area contributed by atoms with Gasteiger partial charge in [-0.3, -0.25) is 4.79 Å². The maximum absolute atomic E-state index is 12.4. The van der Waals surface area contributed by atoms with E-state index in [0.29, 0.717) is 22.3 Å². The lowest BCUT2D eigenvalue weighted by atomic mass is 10.2. The average molecular weight is 422 g/mol. The summed E-state index contributed by atoms with van der Waals surface area (Å²) in [7, 11) is 1.63. The topological polar surface area (TPSA) is 92.8 Å². The smallest absolute Gasteiger partial charge is 0.234 e. The molecule has 30 heavy (non-hydrogen) atoms. The van der Waals surface area contributed by atoms with Crippen LogP contribution < -0.4 is 10.1 Å². The Morgan fingerprint density at radius 3 is 2.67 bits per heavy atom. The molecule has 154 valence electrons. The van der Waals surface area contributed by atoms with Gasteiger partial charge in [0.25, 0.3) is 0 Å². The van der Waals surface area contributed by atoms with Crippen molar-refractivity contribution in [2.75, 3.05) is 18.2 Å². The molecule has 0 atom stereocenters. The van der Waals surface area contributed by atoms with Crippen LogP contribution in [0.25, 0.3) is 11.4 Å². The van der Waals surface area contributed by atoms with Crippen LogP contribution in [0.1, 0.15) is 19.4 Å². The SMILES string of the molecule is COc1ccc(-c2nnc(SCC(=O)Nc3cccc(C#N)c3)n2CC(C)C)cc1. The Morgan fingerprint density at radius 1 is 1.23 bits per heavy atom. The summed E-state index contributed by atoms with van der Waals surface area (Å²) in [5, 5.41) is 21.2. The average Bonchev–Trinajstić information content (AvgIpc) is 3.14. The molecule has 8 heteroatoms. The summed E-state index contributed by atoms with van der Waals surface area (Å²) in [5.41, 5.74) is 2.04. The van der Waals surface area contributed by atoms with Crippen LogP contribution in [-0.4, -0.2) is 33.5 Å². The van der Waals surface area contributed by atoms with E-state index in [-0.39, 0.29) is 11.7 Å². The molecule has 1 aromatic heterocycles. The van der Waals surface area contributed by atoms with Crippen LogP contribution in [-0.2, 0) is 11.3 Å². The summed E-state index contributed by atoms with van der Waals surface area (Å²) in [6, 6.07) is 16.6. The number of carbonyl (C=O) groups is 1. The first-order chi connectivity index (χ1) is 14.5. The summed E-state index contributed by atoms with van der Waals surface area (Å²) in [6.07, 6.45) is 0. The Balaban J connectivity index is 1.74. The molecule has 1 heterocycles. The third kappa shape index (κ3) is 5.39. The highest BCUT2D eigenvalue weighted by molar-refractivity contribution is 7.99. The zero-order valence-corrected chi connectivity index (χ0v) is 17.9. The molecule has 3 rings (SSSR count). The minimum absolute atomic E-state index is 0.166. The quantitative estimate of drug-likeness (QED) is 0.548. The lowest BCUT2D eigenvalue weighted by Crippen LogP contribution is -2.15. The molecule has 0 unspecified atom stereocenters. The van der Waals surface area contributed by atoms with E-state index in [0.717, 1.165) is 23.7 Å². The number of aromatic nitrogens is 3. The zero-order valence-electron chi connectivity index (χ0n) is 17.1. The second kappa shape index (κ2) is 9.94. The molecule has 0 saturated heterocycles. The molecular formula is C22H23N5O2S. The predicted molar refractivity (Wildman–Crippen MR) is 117 cm³/mol. The standard InChI is InChI=1S/C22H23N5O2S/c1-15(2)13-27-21(17-7-9-19(29-3)10-8-17)25-26-22(27)30-14-20(28)24-18-6-4-5-16(11-18)12-23/h4-11,15H,13-14H2,1-3H3,(H,24,28). The summed E-state index contributed by atoms with van der Waals surface area (Å²) in [4.78, 5) is 12.4. The molecule has 1 amide bonds. The number of anilines is 1. The largest absolute Gasteiger partial charge is 0.497 e. The van der Waals surface area contributed by atoms with Gasteiger partial charge in [-0.2, -0.15) is 5.26 Å². The van der Waals surface area contributed by atoms with Gasteiger partial charge in [-0.1, -0.05) is 31.7 Å². The molecule has 0 radical (unpaired) electrons. The third-order valence-corrected chi connectivity index (χ3v) is 5.19. The number of thioether (sulfide) groups is 1. The van der Waals surface area contributed by atoms with Gasteiger partial charge in [0.15, 0.2) is 11.0 Å². The van der Waals surface area contributed by atoms with Gasteiger partial charge in [0, 0.05) is 17.8 Å². The van der Waals surface area contributed by atoms with Crippen molar-refractivity contribution < 1.29 is 9.53 Å². The molecule has 2 aromatic carbocycles. The molecule has 0 aliphatic heterocycles. The first-order valence-corrected chi connectivity index (χ1v) is 10.5. The summed E-state index contributed by atoms with van der Waals surface area (Å²) in [6.45, 7) is 4.99. The monoisotopic (exact) mass is 421 g/mol. The van der Waals surface area contributed by atoms with Crippen molar-refractivity contribution in [3.63, 3.8) is 0 Å². The van der Waals surface area contributed by atoms with E-state index in [1.54, 1.807) is 31.4 Å². The maximum Gasteiger partial charge on any atom is 0.234 e. The summed E-state index contributed by atoms with van der Waals surface area (Å²) in [5.74, 6) is 1.95. The van der Waals surface area contributed by atoms with Gasteiger partial charge in [0.2, 0.25) is 5.91 Å². The van der Waals surface area contributed by atoms with Crippen molar-refractivity contribution >= 4 is 23.4 Å². The number of ether oxygens (including phenoxy) is 1.